The molecule has 1 fully saturated rings. The fourth-order valence-electron chi connectivity index (χ4n) is 4.00. The molecule has 0 bridgehead atoms. The van der Waals surface area contributed by atoms with Crippen LogP contribution in [0.5, 0.6) is 0 Å². The van der Waals surface area contributed by atoms with Gasteiger partial charge in [0, 0.05) is 23.9 Å². The number of fused-ring (bicyclic) bond motifs is 3. The molecule has 1 aromatic heterocycles. The molecule has 2 heteroatoms. The van der Waals surface area contributed by atoms with Crippen LogP contribution >= 0.6 is 0 Å². The van der Waals surface area contributed by atoms with Gasteiger partial charge in [-0.15, -0.1) is 0 Å². The van der Waals surface area contributed by atoms with Crippen LogP contribution in [0.4, 0.5) is 0 Å². The first kappa shape index (κ1) is 11.3. The Kier molecular flexibility index (Phi) is 2.51. The van der Waals surface area contributed by atoms with Crippen molar-refractivity contribution in [2.24, 2.45) is 0 Å². The lowest BCUT2D eigenvalue weighted by molar-refractivity contribution is 0.0993. The summed E-state index contributed by atoms with van der Waals surface area (Å²) in [5, 5.41) is 1.33. The average molecular weight is 253 g/mol. The number of hydrogen-bond donors (Lipinski definition) is 0. The van der Waals surface area contributed by atoms with E-state index in [0.29, 0.717) is 18.1 Å². The summed E-state index contributed by atoms with van der Waals surface area (Å²) < 4.78 is 2.27. The molecule has 2 aromatic rings. The van der Waals surface area contributed by atoms with E-state index >= 15 is 0 Å². The summed E-state index contributed by atoms with van der Waals surface area (Å²) >= 11 is 0. The Morgan fingerprint density at radius 2 is 1.84 bits per heavy atom. The maximum atomic E-state index is 12.3. The van der Waals surface area contributed by atoms with Gasteiger partial charge in [0.2, 0.25) is 0 Å². The molecule has 98 valence electrons. The Hall–Kier alpha value is -1.57. The van der Waals surface area contributed by atoms with Gasteiger partial charge < -0.3 is 4.57 Å². The van der Waals surface area contributed by atoms with E-state index in [9.17, 15) is 4.79 Å². The minimum absolute atomic E-state index is 0.358. The lowest BCUT2D eigenvalue weighted by atomic mass is 9.82. The maximum Gasteiger partial charge on any atom is 0.181 e. The van der Waals surface area contributed by atoms with E-state index in [-0.39, 0.29) is 0 Å². The van der Waals surface area contributed by atoms with Crippen molar-refractivity contribution in [3.05, 3.63) is 35.5 Å². The Labute approximate surface area is 113 Å². The number of para-hydroxylation sites is 1. The summed E-state index contributed by atoms with van der Waals surface area (Å²) in [5.41, 5.74) is 3.68. The first-order valence-corrected chi connectivity index (χ1v) is 7.50. The molecule has 0 atom stereocenters. The molecule has 1 aliphatic carbocycles. The number of carbonyl (C=O) groups excluding carboxylic acids is 1. The molecule has 0 unspecified atom stereocenters. The summed E-state index contributed by atoms with van der Waals surface area (Å²) in [4.78, 5) is 12.3. The molecular formula is C17H19NO. The van der Waals surface area contributed by atoms with Crippen LogP contribution in [0.3, 0.4) is 0 Å². The van der Waals surface area contributed by atoms with Crippen LogP contribution in [0, 0.1) is 0 Å². The highest BCUT2D eigenvalue weighted by molar-refractivity contribution is 6.05. The highest BCUT2D eigenvalue weighted by Gasteiger charge is 2.31. The van der Waals surface area contributed by atoms with Crippen molar-refractivity contribution in [2.75, 3.05) is 0 Å². The first-order valence-electron chi connectivity index (χ1n) is 7.50. The zero-order valence-electron chi connectivity index (χ0n) is 11.2. The fraction of sp³-hybridized carbons (Fsp3) is 0.471. The molecule has 0 radical (unpaired) electrons. The number of benzene rings is 1. The molecule has 0 spiro atoms. The SMILES string of the molecule is O=C1CCn2c1c(C1CCCCC1)c1ccccc12. The van der Waals surface area contributed by atoms with Gasteiger partial charge in [0.05, 0.1) is 5.69 Å². The summed E-state index contributed by atoms with van der Waals surface area (Å²) in [7, 11) is 0. The van der Waals surface area contributed by atoms with Crippen molar-refractivity contribution < 1.29 is 4.79 Å². The molecule has 0 N–H and O–H groups in total. The number of Topliss-reactive ketones (excluding diaryl/α,β-unsaturated/α-hetero) is 1. The van der Waals surface area contributed by atoms with Crippen molar-refractivity contribution in [1.82, 2.24) is 4.57 Å². The molecular weight excluding hydrogens is 234 g/mol. The summed E-state index contributed by atoms with van der Waals surface area (Å²) in [6.45, 7) is 0.876. The molecule has 1 aromatic carbocycles. The Morgan fingerprint density at radius 1 is 1.05 bits per heavy atom. The number of hydrogen-bond acceptors (Lipinski definition) is 1. The van der Waals surface area contributed by atoms with Crippen LogP contribution in [-0.2, 0) is 6.54 Å². The number of carbonyl (C=O) groups is 1. The standard InChI is InChI=1S/C17H19NO/c19-15-10-11-18-14-9-5-4-8-13(14)16(17(15)18)12-6-2-1-3-7-12/h4-5,8-9,12H,1-3,6-7,10-11H2. The number of rotatable bonds is 1. The summed E-state index contributed by atoms with van der Waals surface area (Å²) in [6.07, 6.45) is 7.20. The quantitative estimate of drug-likeness (QED) is 0.743. The second-order valence-electron chi connectivity index (χ2n) is 5.94. The van der Waals surface area contributed by atoms with Crippen molar-refractivity contribution in [3.63, 3.8) is 0 Å². The predicted molar refractivity (Wildman–Crippen MR) is 76.7 cm³/mol. The van der Waals surface area contributed by atoms with E-state index in [1.807, 2.05) is 0 Å². The Bertz CT molecular complexity index is 647. The van der Waals surface area contributed by atoms with Crippen molar-refractivity contribution >= 4 is 16.7 Å². The second-order valence-corrected chi connectivity index (χ2v) is 5.94. The van der Waals surface area contributed by atoms with Crippen LogP contribution < -0.4 is 0 Å². The van der Waals surface area contributed by atoms with Crippen LogP contribution in [0.25, 0.3) is 10.9 Å². The van der Waals surface area contributed by atoms with Crippen LogP contribution in [0.15, 0.2) is 24.3 Å². The lowest BCUT2D eigenvalue weighted by Gasteiger charge is -2.22. The van der Waals surface area contributed by atoms with Gasteiger partial charge in [-0.1, -0.05) is 37.5 Å². The monoisotopic (exact) mass is 253 g/mol. The van der Waals surface area contributed by atoms with Gasteiger partial charge >= 0.3 is 0 Å². The Balaban J connectivity index is 1.97. The highest BCUT2D eigenvalue weighted by atomic mass is 16.1. The second kappa shape index (κ2) is 4.22. The maximum absolute atomic E-state index is 12.3. The van der Waals surface area contributed by atoms with Crippen LogP contribution in [0.2, 0.25) is 0 Å². The van der Waals surface area contributed by atoms with Gasteiger partial charge in [-0.25, -0.2) is 0 Å². The molecule has 1 aliphatic heterocycles. The molecule has 1 saturated carbocycles. The van der Waals surface area contributed by atoms with E-state index in [1.165, 1.54) is 48.6 Å². The largest absolute Gasteiger partial charge is 0.337 e. The van der Waals surface area contributed by atoms with Gasteiger partial charge in [0.1, 0.15) is 0 Å². The molecule has 0 saturated heterocycles. The van der Waals surface area contributed by atoms with Gasteiger partial charge in [-0.05, 0) is 30.4 Å². The topological polar surface area (TPSA) is 22.0 Å². The Morgan fingerprint density at radius 3 is 2.68 bits per heavy atom. The van der Waals surface area contributed by atoms with E-state index in [0.717, 1.165) is 12.2 Å². The fourth-order valence-corrected chi connectivity index (χ4v) is 4.00. The number of aryl methyl sites for hydroxylation is 1. The normalized spacial score (nSPS) is 20.1. The molecule has 4 rings (SSSR count). The van der Waals surface area contributed by atoms with Crippen molar-refractivity contribution in [2.45, 2.75) is 51.0 Å². The van der Waals surface area contributed by atoms with Crippen LogP contribution in [-0.4, -0.2) is 10.4 Å². The van der Waals surface area contributed by atoms with Gasteiger partial charge in [-0.2, -0.15) is 0 Å². The molecule has 2 nitrogen and oxygen atoms in total. The minimum Gasteiger partial charge on any atom is -0.337 e. The van der Waals surface area contributed by atoms with E-state index in [2.05, 4.69) is 28.8 Å². The molecule has 0 amide bonds. The minimum atomic E-state index is 0.358. The number of aromatic nitrogens is 1. The lowest BCUT2D eigenvalue weighted by Crippen LogP contribution is -2.08. The van der Waals surface area contributed by atoms with Gasteiger partial charge in [0.25, 0.3) is 0 Å². The number of ketones is 1. The molecule has 19 heavy (non-hydrogen) atoms. The average Bonchev–Trinajstić information content (AvgIpc) is 2.99. The third kappa shape index (κ3) is 1.59. The van der Waals surface area contributed by atoms with Gasteiger partial charge in [0.15, 0.2) is 5.78 Å². The predicted octanol–water partition coefficient (Wildman–Crippen LogP) is 4.28. The summed E-state index contributed by atoms with van der Waals surface area (Å²) in [6, 6.07) is 8.57. The first-order chi connectivity index (χ1) is 9.36. The zero-order chi connectivity index (χ0) is 12.8. The third-order valence-corrected chi connectivity index (χ3v) is 4.85. The zero-order valence-corrected chi connectivity index (χ0v) is 11.2. The van der Waals surface area contributed by atoms with Crippen molar-refractivity contribution in [1.29, 1.82) is 0 Å². The van der Waals surface area contributed by atoms with Gasteiger partial charge in [-0.3, -0.25) is 4.79 Å². The van der Waals surface area contributed by atoms with Crippen molar-refractivity contribution in [3.8, 4) is 0 Å². The van der Waals surface area contributed by atoms with E-state index in [4.69, 9.17) is 0 Å². The van der Waals surface area contributed by atoms with E-state index in [1.54, 1.807) is 0 Å². The van der Waals surface area contributed by atoms with E-state index < -0.39 is 0 Å². The summed E-state index contributed by atoms with van der Waals surface area (Å²) in [5.74, 6) is 0.966. The smallest absolute Gasteiger partial charge is 0.181 e. The third-order valence-electron chi connectivity index (χ3n) is 4.85. The number of nitrogens with zero attached hydrogens (tertiary/aromatic N) is 1. The van der Waals surface area contributed by atoms with Crippen LogP contribution in [0.1, 0.15) is 60.5 Å². The molecule has 2 aliphatic rings. The molecule has 2 heterocycles. The highest BCUT2D eigenvalue weighted by Crippen LogP contribution is 2.41.